The van der Waals surface area contributed by atoms with Crippen LogP contribution in [0.3, 0.4) is 0 Å². The quantitative estimate of drug-likeness (QED) is 0.666. The van der Waals surface area contributed by atoms with E-state index in [4.69, 9.17) is 5.11 Å². The van der Waals surface area contributed by atoms with Gasteiger partial charge in [-0.05, 0) is 24.1 Å². The molecule has 0 aliphatic rings. The van der Waals surface area contributed by atoms with Gasteiger partial charge in [0.1, 0.15) is 5.82 Å². The first kappa shape index (κ1) is 16.2. The van der Waals surface area contributed by atoms with Gasteiger partial charge in [-0.2, -0.15) is 0 Å². The van der Waals surface area contributed by atoms with Crippen LogP contribution in [0, 0.1) is 0 Å². The lowest BCUT2D eigenvalue weighted by atomic mass is 10.1. The SMILES string of the molecule is O=C(O)CSc1nnc(CCc2ccccc2)n1-c1cccnc1. The van der Waals surface area contributed by atoms with E-state index in [1.165, 1.54) is 5.56 Å². The minimum atomic E-state index is -0.883. The van der Waals surface area contributed by atoms with Gasteiger partial charge in [-0.1, -0.05) is 42.1 Å². The van der Waals surface area contributed by atoms with Crippen molar-refractivity contribution >= 4 is 17.7 Å². The third-order valence-corrected chi connectivity index (χ3v) is 4.32. The second-order valence-corrected chi connectivity index (χ2v) is 6.06. The second-order valence-electron chi connectivity index (χ2n) is 5.11. The fourth-order valence-electron chi connectivity index (χ4n) is 2.33. The van der Waals surface area contributed by atoms with Crippen LogP contribution in [0.1, 0.15) is 11.4 Å². The molecule has 0 fully saturated rings. The molecule has 3 rings (SSSR count). The molecule has 24 heavy (non-hydrogen) atoms. The van der Waals surface area contributed by atoms with Gasteiger partial charge >= 0.3 is 5.97 Å². The predicted octanol–water partition coefficient (Wildman–Crippen LogP) is 2.62. The summed E-state index contributed by atoms with van der Waals surface area (Å²) < 4.78 is 1.88. The Kier molecular flexibility index (Phi) is 5.22. The van der Waals surface area contributed by atoms with Gasteiger partial charge in [-0.25, -0.2) is 0 Å². The van der Waals surface area contributed by atoms with Crippen molar-refractivity contribution in [2.24, 2.45) is 0 Å². The van der Waals surface area contributed by atoms with Crippen molar-refractivity contribution in [3.8, 4) is 5.69 Å². The highest BCUT2D eigenvalue weighted by molar-refractivity contribution is 7.99. The van der Waals surface area contributed by atoms with Crippen LogP contribution >= 0.6 is 11.8 Å². The Morgan fingerprint density at radius 2 is 1.92 bits per heavy atom. The smallest absolute Gasteiger partial charge is 0.313 e. The number of carbonyl (C=O) groups is 1. The lowest BCUT2D eigenvalue weighted by Crippen LogP contribution is -2.06. The maximum atomic E-state index is 10.8. The average molecular weight is 340 g/mol. The number of benzene rings is 1. The van der Waals surface area contributed by atoms with E-state index in [1.54, 1.807) is 12.4 Å². The number of aromatic nitrogens is 4. The number of hydrogen-bond acceptors (Lipinski definition) is 5. The Balaban J connectivity index is 1.86. The van der Waals surface area contributed by atoms with Gasteiger partial charge in [-0.3, -0.25) is 14.3 Å². The molecule has 122 valence electrons. The molecule has 0 atom stereocenters. The van der Waals surface area contributed by atoms with Crippen LogP contribution in [0.25, 0.3) is 5.69 Å². The van der Waals surface area contributed by atoms with E-state index in [-0.39, 0.29) is 5.75 Å². The fourth-order valence-corrected chi connectivity index (χ4v) is 3.02. The molecule has 6 nitrogen and oxygen atoms in total. The van der Waals surface area contributed by atoms with Gasteiger partial charge in [0.2, 0.25) is 0 Å². The number of carboxylic acid groups (broad SMARTS) is 1. The molecule has 0 saturated heterocycles. The summed E-state index contributed by atoms with van der Waals surface area (Å²) in [7, 11) is 0. The maximum absolute atomic E-state index is 10.8. The molecular formula is C17H16N4O2S. The summed E-state index contributed by atoms with van der Waals surface area (Å²) in [6, 6.07) is 13.9. The van der Waals surface area contributed by atoms with Crippen LogP contribution in [0.15, 0.2) is 60.0 Å². The van der Waals surface area contributed by atoms with E-state index in [0.717, 1.165) is 29.7 Å². The molecule has 0 aliphatic heterocycles. The van der Waals surface area contributed by atoms with Gasteiger partial charge in [0, 0.05) is 12.6 Å². The normalized spacial score (nSPS) is 10.7. The van der Waals surface area contributed by atoms with Gasteiger partial charge in [-0.15, -0.1) is 10.2 Å². The van der Waals surface area contributed by atoms with Crippen molar-refractivity contribution < 1.29 is 9.90 Å². The number of thioether (sulfide) groups is 1. The highest BCUT2D eigenvalue weighted by Crippen LogP contribution is 2.22. The van der Waals surface area contributed by atoms with Crippen molar-refractivity contribution in [3.05, 3.63) is 66.2 Å². The van der Waals surface area contributed by atoms with Gasteiger partial charge in [0.05, 0.1) is 17.6 Å². The Labute approximate surface area is 143 Å². The van der Waals surface area contributed by atoms with Crippen LogP contribution in [-0.2, 0) is 17.6 Å². The summed E-state index contributed by atoms with van der Waals surface area (Å²) in [6.45, 7) is 0. The Bertz CT molecular complexity index is 806. The highest BCUT2D eigenvalue weighted by atomic mass is 32.2. The van der Waals surface area contributed by atoms with Gasteiger partial charge < -0.3 is 5.11 Å². The van der Waals surface area contributed by atoms with Gasteiger partial charge in [0.15, 0.2) is 5.16 Å². The summed E-state index contributed by atoms with van der Waals surface area (Å²) in [5.74, 6) is -0.150. The first-order chi connectivity index (χ1) is 11.7. The molecular weight excluding hydrogens is 324 g/mol. The zero-order chi connectivity index (χ0) is 16.8. The summed E-state index contributed by atoms with van der Waals surface area (Å²) >= 11 is 1.15. The van der Waals surface area contributed by atoms with Crippen LogP contribution in [-0.4, -0.2) is 36.6 Å². The van der Waals surface area contributed by atoms with Crippen LogP contribution in [0.4, 0.5) is 0 Å². The predicted molar refractivity (Wildman–Crippen MR) is 91.4 cm³/mol. The van der Waals surface area contributed by atoms with Crippen molar-refractivity contribution in [2.75, 3.05) is 5.75 Å². The minimum Gasteiger partial charge on any atom is -0.481 e. The summed E-state index contributed by atoms with van der Waals surface area (Å²) in [5.41, 5.74) is 2.05. The molecule has 7 heteroatoms. The van der Waals surface area contributed by atoms with E-state index in [2.05, 4.69) is 27.3 Å². The molecule has 0 spiro atoms. The lowest BCUT2D eigenvalue weighted by Gasteiger charge is -2.09. The van der Waals surface area contributed by atoms with E-state index >= 15 is 0 Å². The second kappa shape index (κ2) is 7.74. The van der Waals surface area contributed by atoms with Crippen molar-refractivity contribution in [1.29, 1.82) is 0 Å². The first-order valence-corrected chi connectivity index (χ1v) is 8.46. The van der Waals surface area contributed by atoms with E-state index in [0.29, 0.717) is 11.6 Å². The number of aryl methyl sites for hydroxylation is 2. The molecule has 1 aromatic carbocycles. The number of carboxylic acids is 1. The van der Waals surface area contributed by atoms with Crippen LogP contribution < -0.4 is 0 Å². The molecule has 0 amide bonds. The molecule has 0 radical (unpaired) electrons. The van der Waals surface area contributed by atoms with Crippen molar-refractivity contribution in [3.63, 3.8) is 0 Å². The monoisotopic (exact) mass is 340 g/mol. The number of nitrogens with zero attached hydrogens (tertiary/aromatic N) is 4. The van der Waals surface area contributed by atoms with E-state index in [9.17, 15) is 4.79 Å². The van der Waals surface area contributed by atoms with Crippen LogP contribution in [0.5, 0.6) is 0 Å². The molecule has 3 aromatic rings. The minimum absolute atomic E-state index is 0.0585. The highest BCUT2D eigenvalue weighted by Gasteiger charge is 2.15. The number of rotatable bonds is 7. The van der Waals surface area contributed by atoms with E-state index < -0.39 is 5.97 Å². The van der Waals surface area contributed by atoms with Crippen LogP contribution in [0.2, 0.25) is 0 Å². The first-order valence-electron chi connectivity index (χ1n) is 7.47. The third-order valence-electron chi connectivity index (χ3n) is 3.41. The topological polar surface area (TPSA) is 80.9 Å². The molecule has 0 unspecified atom stereocenters. The molecule has 1 N–H and O–H groups in total. The Morgan fingerprint density at radius 1 is 1.08 bits per heavy atom. The van der Waals surface area contributed by atoms with Gasteiger partial charge in [0.25, 0.3) is 0 Å². The molecule has 2 heterocycles. The number of pyridine rings is 1. The maximum Gasteiger partial charge on any atom is 0.313 e. The lowest BCUT2D eigenvalue weighted by molar-refractivity contribution is -0.133. The van der Waals surface area contributed by atoms with Crippen molar-refractivity contribution in [1.82, 2.24) is 19.7 Å². The number of aliphatic carboxylic acids is 1. The van der Waals surface area contributed by atoms with Crippen molar-refractivity contribution in [2.45, 2.75) is 18.0 Å². The molecule has 2 aromatic heterocycles. The molecule has 0 bridgehead atoms. The average Bonchev–Trinajstić information content (AvgIpc) is 3.02. The standard InChI is InChI=1S/C17H16N4O2S/c22-16(23)12-24-17-20-19-15(9-8-13-5-2-1-3-6-13)21(17)14-7-4-10-18-11-14/h1-7,10-11H,8-9,12H2,(H,22,23). The largest absolute Gasteiger partial charge is 0.481 e. The third kappa shape index (κ3) is 3.99. The zero-order valence-corrected chi connectivity index (χ0v) is 13.7. The van der Waals surface area contributed by atoms with E-state index in [1.807, 2.05) is 34.9 Å². The fraction of sp³-hybridized carbons (Fsp3) is 0.176. The summed E-state index contributed by atoms with van der Waals surface area (Å²) in [6.07, 6.45) is 4.96. The Hall–Kier alpha value is -2.67. The Morgan fingerprint density at radius 3 is 2.62 bits per heavy atom. The summed E-state index contributed by atoms with van der Waals surface area (Å²) in [5, 5.41) is 17.9. The molecule has 0 saturated carbocycles. The molecule has 0 aliphatic carbocycles. The number of hydrogen-bond donors (Lipinski definition) is 1. The zero-order valence-electron chi connectivity index (χ0n) is 12.9. The summed E-state index contributed by atoms with van der Waals surface area (Å²) in [4.78, 5) is 15.0.